The Hall–Kier alpha value is -2.79. The van der Waals surface area contributed by atoms with Crippen LogP contribution in [0.15, 0.2) is 28.3 Å². The molecule has 0 saturated carbocycles. The van der Waals surface area contributed by atoms with Crippen molar-refractivity contribution < 1.29 is 14.8 Å². The second kappa shape index (κ2) is 6.02. The van der Waals surface area contributed by atoms with Crippen LogP contribution in [-0.4, -0.2) is 41.8 Å². The highest BCUT2D eigenvalue weighted by atomic mass is 16.6. The topological polar surface area (TPSA) is 145 Å². The number of rotatable bonds is 4. The number of hydrogen-bond donors (Lipinski definition) is 2. The number of aryl methyl sites for hydroxylation is 1. The molecule has 2 aromatic heterocycles. The molecule has 1 aliphatic heterocycles. The maximum atomic E-state index is 12.0. The van der Waals surface area contributed by atoms with Crippen LogP contribution >= 0.6 is 0 Å². The van der Waals surface area contributed by atoms with E-state index in [4.69, 9.17) is 4.74 Å². The standard InChI is InChI=1S/C13H15N5O6/c1-7-3-17(13(21)15-12(7)20)11-2-8(9(5-19)24-11)16-4-10(14-6-16)18(22)23/h3-4,6,8-9,11,19H,2,5H2,1H3,(H,15,20,21)/t8-,9+,11+/m0/s1. The molecule has 11 nitrogen and oxygen atoms in total. The van der Waals surface area contributed by atoms with Gasteiger partial charge in [0, 0.05) is 18.2 Å². The molecule has 0 aromatic carbocycles. The second-order valence-electron chi connectivity index (χ2n) is 5.53. The van der Waals surface area contributed by atoms with E-state index in [1.165, 1.54) is 27.9 Å². The maximum absolute atomic E-state index is 12.0. The normalized spacial score (nSPS) is 23.5. The van der Waals surface area contributed by atoms with Gasteiger partial charge in [-0.15, -0.1) is 0 Å². The Bertz CT molecular complexity index is 883. The van der Waals surface area contributed by atoms with E-state index in [1.807, 2.05) is 0 Å². The maximum Gasteiger partial charge on any atom is 0.381 e. The third-order valence-corrected chi connectivity index (χ3v) is 4.00. The molecule has 3 rings (SSSR count). The Morgan fingerprint density at radius 1 is 1.50 bits per heavy atom. The number of nitro groups is 1. The number of ether oxygens (including phenoxy) is 1. The van der Waals surface area contributed by atoms with Gasteiger partial charge in [0.05, 0.1) is 12.6 Å². The number of hydrogen-bond acceptors (Lipinski definition) is 7. The van der Waals surface area contributed by atoms with Gasteiger partial charge in [0.15, 0.2) is 0 Å². The highest BCUT2D eigenvalue weighted by Gasteiger charge is 2.38. The van der Waals surface area contributed by atoms with E-state index in [0.29, 0.717) is 5.56 Å². The lowest BCUT2D eigenvalue weighted by Gasteiger charge is -2.15. The Balaban J connectivity index is 1.92. The summed E-state index contributed by atoms with van der Waals surface area (Å²) in [4.78, 5) is 39.4. The minimum Gasteiger partial charge on any atom is -0.394 e. The van der Waals surface area contributed by atoms with Gasteiger partial charge in [-0.2, -0.15) is 0 Å². The first kappa shape index (κ1) is 16.1. The van der Waals surface area contributed by atoms with Crippen molar-refractivity contribution in [3.63, 3.8) is 0 Å². The fourth-order valence-corrected chi connectivity index (χ4v) is 2.77. The SMILES string of the molecule is Cc1cn([C@H]2C[C@H](n3cnc([N+](=O)[O-])c3)[C@@H](CO)O2)c(=O)[nH]c1=O. The summed E-state index contributed by atoms with van der Waals surface area (Å²) in [6.45, 7) is 1.23. The van der Waals surface area contributed by atoms with Crippen LogP contribution in [0, 0.1) is 17.0 Å². The van der Waals surface area contributed by atoms with Gasteiger partial charge in [-0.1, -0.05) is 0 Å². The zero-order valence-corrected chi connectivity index (χ0v) is 12.7. The fourth-order valence-electron chi connectivity index (χ4n) is 2.77. The van der Waals surface area contributed by atoms with E-state index in [1.54, 1.807) is 6.92 Å². The monoisotopic (exact) mass is 337 g/mol. The number of H-pyrrole nitrogens is 1. The van der Waals surface area contributed by atoms with Crippen molar-refractivity contribution in [3.05, 3.63) is 55.2 Å². The molecule has 3 heterocycles. The Kier molecular flexibility index (Phi) is 4.03. The smallest absolute Gasteiger partial charge is 0.381 e. The zero-order chi connectivity index (χ0) is 17.4. The average Bonchev–Trinajstić information content (AvgIpc) is 3.17. The van der Waals surface area contributed by atoms with E-state index in [0.717, 1.165) is 0 Å². The molecule has 24 heavy (non-hydrogen) atoms. The molecule has 0 amide bonds. The zero-order valence-electron chi connectivity index (χ0n) is 12.7. The van der Waals surface area contributed by atoms with Crippen LogP contribution in [0.3, 0.4) is 0 Å². The summed E-state index contributed by atoms with van der Waals surface area (Å²) in [6, 6.07) is -0.430. The largest absolute Gasteiger partial charge is 0.394 e. The predicted molar refractivity (Wildman–Crippen MR) is 79.6 cm³/mol. The molecule has 1 fully saturated rings. The lowest BCUT2D eigenvalue weighted by atomic mass is 10.1. The summed E-state index contributed by atoms with van der Waals surface area (Å²) in [5.74, 6) is -0.313. The first-order valence-electron chi connectivity index (χ1n) is 7.17. The molecule has 0 unspecified atom stereocenters. The van der Waals surface area contributed by atoms with Crippen LogP contribution in [0.1, 0.15) is 24.3 Å². The third-order valence-electron chi connectivity index (χ3n) is 4.00. The molecule has 0 spiro atoms. The van der Waals surface area contributed by atoms with Crippen molar-refractivity contribution >= 4 is 5.82 Å². The Morgan fingerprint density at radius 2 is 2.25 bits per heavy atom. The highest BCUT2D eigenvalue weighted by molar-refractivity contribution is 5.14. The van der Waals surface area contributed by atoms with E-state index in [-0.39, 0.29) is 18.8 Å². The van der Waals surface area contributed by atoms with Crippen molar-refractivity contribution in [1.29, 1.82) is 0 Å². The molecule has 1 saturated heterocycles. The molecular weight excluding hydrogens is 322 g/mol. The predicted octanol–water partition coefficient (Wildman–Crippen LogP) is -0.529. The summed E-state index contributed by atoms with van der Waals surface area (Å²) in [6.07, 6.45) is 2.83. The van der Waals surface area contributed by atoms with Gasteiger partial charge in [0.1, 0.15) is 18.5 Å². The summed E-state index contributed by atoms with van der Waals surface area (Å²) < 4.78 is 8.41. The number of imidazole rings is 1. The summed E-state index contributed by atoms with van der Waals surface area (Å²) in [7, 11) is 0. The lowest BCUT2D eigenvalue weighted by molar-refractivity contribution is -0.389. The van der Waals surface area contributed by atoms with Gasteiger partial charge in [0.2, 0.25) is 6.33 Å². The Morgan fingerprint density at radius 3 is 2.88 bits per heavy atom. The molecule has 0 radical (unpaired) electrons. The van der Waals surface area contributed by atoms with Crippen LogP contribution < -0.4 is 11.2 Å². The Labute approximate surface area is 134 Å². The van der Waals surface area contributed by atoms with E-state index < -0.39 is 34.5 Å². The molecular formula is C13H15N5O6. The fraction of sp³-hybridized carbons (Fsp3) is 0.462. The molecule has 11 heteroatoms. The van der Waals surface area contributed by atoms with Crippen molar-refractivity contribution in [2.75, 3.05) is 6.61 Å². The number of nitrogens with zero attached hydrogens (tertiary/aromatic N) is 4. The van der Waals surface area contributed by atoms with Gasteiger partial charge in [-0.05, 0) is 16.8 Å². The van der Waals surface area contributed by atoms with Crippen molar-refractivity contribution in [3.8, 4) is 0 Å². The van der Waals surface area contributed by atoms with Gasteiger partial charge >= 0.3 is 11.5 Å². The minimum atomic E-state index is -0.711. The average molecular weight is 337 g/mol. The molecule has 0 aliphatic carbocycles. The minimum absolute atomic E-state index is 0.282. The first-order valence-corrected chi connectivity index (χ1v) is 7.17. The van der Waals surface area contributed by atoms with E-state index >= 15 is 0 Å². The number of aromatic amines is 1. The van der Waals surface area contributed by atoms with E-state index in [2.05, 4.69) is 9.97 Å². The van der Waals surface area contributed by atoms with Crippen LogP contribution in [0.25, 0.3) is 0 Å². The molecule has 128 valence electrons. The van der Waals surface area contributed by atoms with Gasteiger partial charge < -0.3 is 24.5 Å². The van der Waals surface area contributed by atoms with Gasteiger partial charge in [-0.25, -0.2) is 4.79 Å². The van der Waals surface area contributed by atoms with Crippen molar-refractivity contribution in [2.45, 2.75) is 31.7 Å². The number of aliphatic hydroxyl groups is 1. The van der Waals surface area contributed by atoms with E-state index in [9.17, 15) is 24.8 Å². The van der Waals surface area contributed by atoms with Gasteiger partial charge in [0.25, 0.3) is 5.56 Å². The molecule has 1 aliphatic rings. The second-order valence-corrected chi connectivity index (χ2v) is 5.53. The molecule has 2 N–H and O–H groups in total. The quantitative estimate of drug-likeness (QED) is 0.563. The van der Waals surface area contributed by atoms with Crippen molar-refractivity contribution in [1.82, 2.24) is 19.1 Å². The van der Waals surface area contributed by atoms with Crippen LogP contribution in [0.4, 0.5) is 5.82 Å². The number of aromatic nitrogens is 4. The van der Waals surface area contributed by atoms with Crippen molar-refractivity contribution in [2.24, 2.45) is 0 Å². The molecule has 2 aromatic rings. The van der Waals surface area contributed by atoms with Crippen LogP contribution in [0.5, 0.6) is 0 Å². The molecule has 3 atom stereocenters. The summed E-state index contributed by atoms with van der Waals surface area (Å²) >= 11 is 0. The highest BCUT2D eigenvalue weighted by Crippen LogP contribution is 2.36. The first-order chi connectivity index (χ1) is 11.4. The van der Waals surface area contributed by atoms with Gasteiger partial charge in [-0.3, -0.25) is 14.3 Å². The van der Waals surface area contributed by atoms with Crippen LogP contribution in [0.2, 0.25) is 0 Å². The molecule has 0 bridgehead atoms. The summed E-state index contributed by atoms with van der Waals surface area (Å²) in [5.41, 5.74) is -0.750. The number of aliphatic hydroxyl groups excluding tert-OH is 1. The van der Waals surface area contributed by atoms with Crippen LogP contribution in [-0.2, 0) is 4.74 Å². The summed E-state index contributed by atoms with van der Waals surface area (Å²) in [5, 5.41) is 20.3. The third kappa shape index (κ3) is 2.74. The lowest BCUT2D eigenvalue weighted by Crippen LogP contribution is -2.33. The number of nitrogens with one attached hydrogen (secondary N) is 1.